The van der Waals surface area contributed by atoms with Gasteiger partial charge in [0, 0.05) is 13.0 Å². The molecule has 1 aliphatic heterocycles. The fraction of sp³-hybridized carbons (Fsp3) is 0.667. The molecule has 17 heavy (non-hydrogen) atoms. The summed E-state index contributed by atoms with van der Waals surface area (Å²) in [5, 5.41) is 2.23. The molecule has 1 fully saturated rings. The summed E-state index contributed by atoms with van der Waals surface area (Å²) in [4.78, 5) is 21.4. The lowest BCUT2D eigenvalue weighted by Crippen LogP contribution is -2.22. The molecule has 2 amide bonds. The number of hydrogen-bond donors (Lipinski definition) is 3. The molecule has 0 aromatic heterocycles. The second kappa shape index (κ2) is 9.99. The van der Waals surface area contributed by atoms with E-state index in [0.29, 0.717) is 12.8 Å². The number of nitrogens with one attached hydrogen (secondary N) is 2. The Morgan fingerprint density at radius 1 is 1.53 bits per heavy atom. The van der Waals surface area contributed by atoms with Crippen molar-refractivity contribution < 1.29 is 9.59 Å². The van der Waals surface area contributed by atoms with Gasteiger partial charge in [0.05, 0.1) is 5.92 Å². The van der Waals surface area contributed by atoms with Gasteiger partial charge in [-0.25, -0.2) is 0 Å². The third kappa shape index (κ3) is 7.65. The molecule has 1 rings (SSSR count). The molecule has 0 spiro atoms. The van der Waals surface area contributed by atoms with Gasteiger partial charge >= 0.3 is 0 Å². The first-order valence-electron chi connectivity index (χ1n) is 6.03. The van der Waals surface area contributed by atoms with Crippen LogP contribution in [0.2, 0.25) is 0 Å². The van der Waals surface area contributed by atoms with Crippen molar-refractivity contribution in [3.8, 4) is 0 Å². The van der Waals surface area contributed by atoms with Gasteiger partial charge in [0.15, 0.2) is 0 Å². The maximum absolute atomic E-state index is 10.8. The summed E-state index contributed by atoms with van der Waals surface area (Å²) >= 11 is 0. The summed E-state index contributed by atoms with van der Waals surface area (Å²) in [5.41, 5.74) is 2.60. The number of imide groups is 1. The molecule has 0 bridgehead atoms. The lowest BCUT2D eigenvalue weighted by molar-refractivity contribution is -0.125. The maximum Gasteiger partial charge on any atom is 0.230 e. The van der Waals surface area contributed by atoms with E-state index in [1.54, 1.807) is 6.08 Å². The van der Waals surface area contributed by atoms with Crippen molar-refractivity contribution in [2.75, 3.05) is 6.54 Å². The van der Waals surface area contributed by atoms with Crippen LogP contribution >= 0.6 is 0 Å². The van der Waals surface area contributed by atoms with Gasteiger partial charge in [-0.3, -0.25) is 26.2 Å². The van der Waals surface area contributed by atoms with Crippen LogP contribution in [0.25, 0.3) is 0 Å². The Morgan fingerprint density at radius 3 is 2.65 bits per heavy atom. The Kier molecular flexibility index (Phi) is 9.28. The van der Waals surface area contributed by atoms with Crippen LogP contribution in [-0.4, -0.2) is 18.4 Å². The van der Waals surface area contributed by atoms with E-state index in [-0.39, 0.29) is 17.7 Å². The zero-order chi connectivity index (χ0) is 13.1. The summed E-state index contributed by atoms with van der Waals surface area (Å²) < 4.78 is 0. The average molecular weight is 241 g/mol. The van der Waals surface area contributed by atoms with Crippen LogP contribution in [0.5, 0.6) is 0 Å². The van der Waals surface area contributed by atoms with Gasteiger partial charge in [-0.2, -0.15) is 0 Å². The summed E-state index contributed by atoms with van der Waals surface area (Å²) in [6.45, 7) is 6.62. The molecule has 1 saturated heterocycles. The van der Waals surface area contributed by atoms with Gasteiger partial charge in [-0.15, -0.1) is 6.58 Å². The summed E-state index contributed by atoms with van der Waals surface area (Å²) in [6, 6.07) is 0. The molecular formula is C12H23N3O2. The number of allylic oxidation sites excluding steroid dienone is 1. The minimum absolute atomic E-state index is 0.162. The third-order valence-electron chi connectivity index (χ3n) is 2.44. The lowest BCUT2D eigenvalue weighted by atomic mass is 10.0. The minimum Gasteiger partial charge on any atom is -0.296 e. The van der Waals surface area contributed by atoms with E-state index >= 15 is 0 Å². The summed E-state index contributed by atoms with van der Waals surface area (Å²) in [5.74, 6) is 4.53. The SMILES string of the molecule is C=CCC1CC(=O)NC1=O.CCCCCNN. The van der Waals surface area contributed by atoms with Crippen LogP contribution in [0.15, 0.2) is 12.7 Å². The zero-order valence-electron chi connectivity index (χ0n) is 10.5. The smallest absolute Gasteiger partial charge is 0.230 e. The molecule has 0 aromatic carbocycles. The fourth-order valence-corrected chi connectivity index (χ4v) is 1.48. The first kappa shape index (κ1) is 15.8. The second-order valence-electron chi connectivity index (χ2n) is 4.00. The first-order valence-corrected chi connectivity index (χ1v) is 6.03. The highest BCUT2D eigenvalue weighted by molar-refractivity contribution is 6.03. The van der Waals surface area contributed by atoms with E-state index in [9.17, 15) is 9.59 Å². The molecule has 98 valence electrons. The van der Waals surface area contributed by atoms with Gasteiger partial charge in [0.25, 0.3) is 0 Å². The van der Waals surface area contributed by atoms with E-state index in [1.807, 2.05) is 0 Å². The highest BCUT2D eigenvalue weighted by atomic mass is 16.2. The Labute approximate surface area is 103 Å². The predicted octanol–water partition coefficient (Wildman–Crippen LogP) is 0.865. The number of amides is 2. The Bertz CT molecular complexity index is 250. The summed E-state index contributed by atoms with van der Waals surface area (Å²) in [6.07, 6.45) is 6.32. The molecule has 1 unspecified atom stereocenters. The predicted molar refractivity (Wildman–Crippen MR) is 67.8 cm³/mol. The van der Waals surface area contributed by atoms with Crippen molar-refractivity contribution >= 4 is 11.8 Å². The lowest BCUT2D eigenvalue weighted by Gasteiger charge is -1.97. The zero-order valence-corrected chi connectivity index (χ0v) is 10.5. The maximum atomic E-state index is 10.8. The van der Waals surface area contributed by atoms with Crippen LogP contribution in [0.3, 0.4) is 0 Å². The van der Waals surface area contributed by atoms with Crippen LogP contribution in [0, 0.1) is 5.92 Å². The van der Waals surface area contributed by atoms with Crippen molar-refractivity contribution in [2.24, 2.45) is 11.8 Å². The Hall–Kier alpha value is -1.20. The monoisotopic (exact) mass is 241 g/mol. The topological polar surface area (TPSA) is 84.2 Å². The largest absolute Gasteiger partial charge is 0.296 e. The third-order valence-corrected chi connectivity index (χ3v) is 2.44. The van der Waals surface area contributed by atoms with Crippen LogP contribution < -0.4 is 16.6 Å². The van der Waals surface area contributed by atoms with E-state index in [2.05, 4.69) is 24.2 Å². The van der Waals surface area contributed by atoms with Gasteiger partial charge < -0.3 is 0 Å². The number of hydrazine groups is 1. The highest BCUT2D eigenvalue weighted by Crippen LogP contribution is 2.14. The molecular weight excluding hydrogens is 218 g/mol. The molecule has 5 heteroatoms. The minimum atomic E-state index is -0.170. The molecule has 0 aromatic rings. The highest BCUT2D eigenvalue weighted by Gasteiger charge is 2.28. The van der Waals surface area contributed by atoms with Crippen molar-refractivity contribution in [1.29, 1.82) is 0 Å². The van der Waals surface area contributed by atoms with Crippen LogP contribution in [0.4, 0.5) is 0 Å². The molecule has 1 atom stereocenters. The van der Waals surface area contributed by atoms with Crippen molar-refractivity contribution in [2.45, 2.75) is 39.0 Å². The van der Waals surface area contributed by atoms with E-state index < -0.39 is 0 Å². The van der Waals surface area contributed by atoms with Crippen LogP contribution in [-0.2, 0) is 9.59 Å². The number of carbonyl (C=O) groups is 2. The Morgan fingerprint density at radius 2 is 2.24 bits per heavy atom. The standard InChI is InChI=1S/C7H9NO2.C5H14N2/c1-2-3-5-4-6(9)8-7(5)10;1-2-3-4-5-7-6/h2,5H,1,3-4H2,(H,8,9,10);7H,2-6H2,1H3. The van der Waals surface area contributed by atoms with Gasteiger partial charge in [0.2, 0.25) is 11.8 Å². The fourth-order valence-electron chi connectivity index (χ4n) is 1.48. The van der Waals surface area contributed by atoms with Gasteiger partial charge in [-0.1, -0.05) is 25.8 Å². The molecule has 1 heterocycles. The van der Waals surface area contributed by atoms with Gasteiger partial charge in [-0.05, 0) is 12.8 Å². The van der Waals surface area contributed by atoms with Crippen molar-refractivity contribution in [3.05, 3.63) is 12.7 Å². The van der Waals surface area contributed by atoms with E-state index in [1.165, 1.54) is 19.3 Å². The molecule has 0 saturated carbocycles. The summed E-state index contributed by atoms with van der Waals surface area (Å²) in [7, 11) is 0. The molecule has 5 nitrogen and oxygen atoms in total. The first-order chi connectivity index (χ1) is 8.15. The number of rotatable bonds is 6. The molecule has 4 N–H and O–H groups in total. The number of unbranched alkanes of at least 4 members (excludes halogenated alkanes) is 2. The Balaban J connectivity index is 0.000000325. The average Bonchev–Trinajstić information content (AvgIpc) is 2.60. The number of hydrogen-bond acceptors (Lipinski definition) is 4. The molecule has 1 aliphatic rings. The van der Waals surface area contributed by atoms with Crippen LogP contribution in [0.1, 0.15) is 39.0 Å². The van der Waals surface area contributed by atoms with Crippen molar-refractivity contribution in [3.63, 3.8) is 0 Å². The second-order valence-corrected chi connectivity index (χ2v) is 4.00. The van der Waals surface area contributed by atoms with Crippen molar-refractivity contribution in [1.82, 2.24) is 10.7 Å². The van der Waals surface area contributed by atoms with E-state index in [4.69, 9.17) is 5.84 Å². The quantitative estimate of drug-likeness (QED) is 0.212. The van der Waals surface area contributed by atoms with E-state index in [0.717, 1.165) is 6.54 Å². The number of carbonyl (C=O) groups excluding carboxylic acids is 2. The molecule has 0 radical (unpaired) electrons. The normalized spacial score (nSPS) is 18.4. The number of nitrogens with two attached hydrogens (primary N) is 1. The van der Waals surface area contributed by atoms with Gasteiger partial charge in [0.1, 0.15) is 0 Å². The molecule has 0 aliphatic carbocycles.